The monoisotopic (exact) mass is 199 g/mol. The van der Waals surface area contributed by atoms with Crippen molar-refractivity contribution in [3.05, 3.63) is 0 Å². The third kappa shape index (κ3) is 1.64. The number of aliphatic hydroxyl groups is 1. The number of hydrogen-bond donors (Lipinski definition) is 1. The molecule has 2 aliphatic rings. The van der Waals surface area contributed by atoms with Crippen molar-refractivity contribution in [2.24, 2.45) is 5.92 Å². The minimum absolute atomic E-state index is 0.115. The van der Waals surface area contributed by atoms with E-state index in [-0.39, 0.29) is 30.6 Å². The van der Waals surface area contributed by atoms with E-state index in [1.807, 2.05) is 11.8 Å². The molecule has 0 aromatic carbocycles. The highest BCUT2D eigenvalue weighted by Gasteiger charge is 2.38. The summed E-state index contributed by atoms with van der Waals surface area (Å²) >= 11 is 0. The lowest BCUT2D eigenvalue weighted by Crippen LogP contribution is -2.40. The van der Waals surface area contributed by atoms with E-state index in [2.05, 4.69) is 0 Å². The van der Waals surface area contributed by atoms with Gasteiger partial charge < -0.3 is 14.7 Å². The fraction of sp³-hybridized carbons (Fsp3) is 0.900. The predicted molar refractivity (Wildman–Crippen MR) is 50.7 cm³/mol. The van der Waals surface area contributed by atoms with Crippen molar-refractivity contribution >= 4 is 5.91 Å². The Morgan fingerprint density at radius 2 is 2.43 bits per heavy atom. The second-order valence-corrected chi connectivity index (χ2v) is 4.23. The lowest BCUT2D eigenvalue weighted by atomic mass is 10.1. The van der Waals surface area contributed by atoms with Gasteiger partial charge >= 0.3 is 0 Å². The maximum atomic E-state index is 11.6. The van der Waals surface area contributed by atoms with E-state index >= 15 is 0 Å². The number of carbonyl (C=O) groups excluding carboxylic acids is 1. The standard InChI is InChI=1S/C10H17NO3/c1-7-9(2-3-14-7)11-5-8(6-12)4-10(11)13/h7-9,12H,2-6H2,1H3. The Bertz CT molecular complexity index is 231. The van der Waals surface area contributed by atoms with Crippen molar-refractivity contribution in [1.82, 2.24) is 4.90 Å². The van der Waals surface area contributed by atoms with Crippen molar-refractivity contribution < 1.29 is 14.6 Å². The molecule has 2 rings (SSSR count). The van der Waals surface area contributed by atoms with Gasteiger partial charge in [0.05, 0.1) is 12.1 Å². The quantitative estimate of drug-likeness (QED) is 0.681. The van der Waals surface area contributed by atoms with Crippen LogP contribution in [0.1, 0.15) is 19.8 Å². The SMILES string of the molecule is CC1OCCC1N1CC(CO)CC1=O. The first-order valence-electron chi connectivity index (χ1n) is 5.24. The van der Waals surface area contributed by atoms with Crippen LogP contribution in [0.2, 0.25) is 0 Å². The lowest BCUT2D eigenvalue weighted by Gasteiger charge is -2.26. The van der Waals surface area contributed by atoms with E-state index in [9.17, 15) is 4.79 Å². The van der Waals surface area contributed by atoms with Gasteiger partial charge in [0, 0.05) is 32.1 Å². The second kappa shape index (κ2) is 3.87. The summed E-state index contributed by atoms with van der Waals surface area (Å²) in [6.45, 7) is 3.58. The minimum atomic E-state index is 0.115. The van der Waals surface area contributed by atoms with Crippen LogP contribution in [0, 0.1) is 5.92 Å². The molecule has 14 heavy (non-hydrogen) atoms. The highest BCUT2D eigenvalue weighted by Crippen LogP contribution is 2.26. The van der Waals surface area contributed by atoms with E-state index in [1.165, 1.54) is 0 Å². The zero-order valence-electron chi connectivity index (χ0n) is 8.48. The number of rotatable bonds is 2. The number of nitrogens with zero attached hydrogens (tertiary/aromatic N) is 1. The van der Waals surface area contributed by atoms with Gasteiger partial charge in [-0.05, 0) is 13.3 Å². The molecule has 2 fully saturated rings. The highest BCUT2D eigenvalue weighted by molar-refractivity contribution is 5.79. The Labute approximate surface area is 83.8 Å². The Morgan fingerprint density at radius 1 is 1.64 bits per heavy atom. The molecule has 0 aliphatic carbocycles. The molecule has 3 atom stereocenters. The van der Waals surface area contributed by atoms with E-state index in [1.54, 1.807) is 0 Å². The highest BCUT2D eigenvalue weighted by atomic mass is 16.5. The summed E-state index contributed by atoms with van der Waals surface area (Å²) in [6.07, 6.45) is 1.58. The molecule has 4 nitrogen and oxygen atoms in total. The summed E-state index contributed by atoms with van der Waals surface area (Å²) < 4.78 is 5.44. The molecular weight excluding hydrogens is 182 g/mol. The van der Waals surface area contributed by atoms with Crippen LogP contribution in [0.15, 0.2) is 0 Å². The minimum Gasteiger partial charge on any atom is -0.396 e. The van der Waals surface area contributed by atoms with E-state index in [4.69, 9.17) is 9.84 Å². The Kier molecular flexibility index (Phi) is 2.74. The van der Waals surface area contributed by atoms with Crippen LogP contribution in [0.5, 0.6) is 0 Å². The van der Waals surface area contributed by atoms with Crippen molar-refractivity contribution in [2.45, 2.75) is 31.9 Å². The van der Waals surface area contributed by atoms with Crippen LogP contribution < -0.4 is 0 Å². The van der Waals surface area contributed by atoms with Crippen molar-refractivity contribution in [3.8, 4) is 0 Å². The molecule has 3 unspecified atom stereocenters. The first-order valence-corrected chi connectivity index (χ1v) is 5.24. The predicted octanol–water partition coefficient (Wildman–Crippen LogP) is 0.00460. The van der Waals surface area contributed by atoms with Crippen LogP contribution in [-0.4, -0.2) is 47.8 Å². The molecule has 2 aliphatic heterocycles. The summed E-state index contributed by atoms with van der Waals surface area (Å²) in [6, 6.07) is 0.235. The van der Waals surface area contributed by atoms with Gasteiger partial charge in [-0.2, -0.15) is 0 Å². The molecule has 0 aromatic heterocycles. The zero-order valence-corrected chi connectivity index (χ0v) is 8.48. The van der Waals surface area contributed by atoms with Crippen molar-refractivity contribution in [1.29, 1.82) is 0 Å². The molecule has 1 amide bonds. The molecule has 2 saturated heterocycles. The lowest BCUT2D eigenvalue weighted by molar-refractivity contribution is -0.130. The van der Waals surface area contributed by atoms with Gasteiger partial charge in [0.1, 0.15) is 0 Å². The average molecular weight is 199 g/mol. The van der Waals surface area contributed by atoms with E-state index < -0.39 is 0 Å². The smallest absolute Gasteiger partial charge is 0.223 e. The Morgan fingerprint density at radius 3 is 2.93 bits per heavy atom. The maximum absolute atomic E-state index is 11.6. The van der Waals surface area contributed by atoms with Crippen LogP contribution >= 0.6 is 0 Å². The first-order chi connectivity index (χ1) is 6.72. The first kappa shape index (κ1) is 9.93. The number of aliphatic hydroxyl groups excluding tert-OH is 1. The van der Waals surface area contributed by atoms with Crippen LogP contribution in [0.3, 0.4) is 0 Å². The fourth-order valence-electron chi connectivity index (χ4n) is 2.38. The number of hydrogen-bond acceptors (Lipinski definition) is 3. The van der Waals surface area contributed by atoms with Gasteiger partial charge in [-0.3, -0.25) is 4.79 Å². The summed E-state index contributed by atoms with van der Waals surface area (Å²) in [5.41, 5.74) is 0. The van der Waals surface area contributed by atoms with Gasteiger partial charge in [0.2, 0.25) is 5.91 Å². The van der Waals surface area contributed by atoms with Crippen molar-refractivity contribution in [2.75, 3.05) is 19.8 Å². The number of likely N-dealkylation sites (tertiary alicyclic amines) is 1. The second-order valence-electron chi connectivity index (χ2n) is 4.23. The Hall–Kier alpha value is -0.610. The number of ether oxygens (including phenoxy) is 1. The third-order valence-electron chi connectivity index (χ3n) is 3.23. The molecule has 4 heteroatoms. The van der Waals surface area contributed by atoms with Crippen LogP contribution in [-0.2, 0) is 9.53 Å². The van der Waals surface area contributed by atoms with Gasteiger partial charge in [-0.25, -0.2) is 0 Å². The summed E-state index contributed by atoms with van der Waals surface area (Å²) in [5, 5.41) is 9.00. The topological polar surface area (TPSA) is 49.8 Å². The molecule has 1 N–H and O–H groups in total. The molecule has 80 valence electrons. The molecule has 0 aromatic rings. The number of carbonyl (C=O) groups is 1. The molecule has 0 spiro atoms. The summed E-state index contributed by atoms with van der Waals surface area (Å²) in [4.78, 5) is 13.5. The maximum Gasteiger partial charge on any atom is 0.223 e. The van der Waals surface area contributed by atoms with Crippen LogP contribution in [0.4, 0.5) is 0 Å². The molecular formula is C10H17NO3. The van der Waals surface area contributed by atoms with Crippen molar-refractivity contribution in [3.63, 3.8) is 0 Å². The third-order valence-corrected chi connectivity index (χ3v) is 3.23. The molecule has 0 saturated carbocycles. The van der Waals surface area contributed by atoms with Gasteiger partial charge in [0.25, 0.3) is 0 Å². The largest absolute Gasteiger partial charge is 0.396 e. The zero-order chi connectivity index (χ0) is 10.1. The van der Waals surface area contributed by atoms with Crippen LogP contribution in [0.25, 0.3) is 0 Å². The summed E-state index contributed by atoms with van der Waals surface area (Å²) in [5.74, 6) is 0.307. The number of amides is 1. The molecule has 2 heterocycles. The van der Waals surface area contributed by atoms with Gasteiger partial charge in [0.15, 0.2) is 0 Å². The van der Waals surface area contributed by atoms with E-state index in [0.717, 1.165) is 13.0 Å². The fourth-order valence-corrected chi connectivity index (χ4v) is 2.38. The van der Waals surface area contributed by atoms with Gasteiger partial charge in [-0.15, -0.1) is 0 Å². The van der Waals surface area contributed by atoms with Gasteiger partial charge in [-0.1, -0.05) is 0 Å². The normalized spacial score (nSPS) is 38.3. The van der Waals surface area contributed by atoms with E-state index in [0.29, 0.717) is 13.0 Å². The summed E-state index contributed by atoms with van der Waals surface area (Å²) in [7, 11) is 0. The average Bonchev–Trinajstić information content (AvgIpc) is 2.72. The molecule has 0 bridgehead atoms. The molecule has 0 radical (unpaired) electrons. The Balaban J connectivity index is 2.00.